The summed E-state index contributed by atoms with van der Waals surface area (Å²) < 4.78 is 50.5. The number of sulfone groups is 1. The first kappa shape index (κ1) is 22.8. The highest BCUT2D eigenvalue weighted by atomic mass is 32.2. The van der Waals surface area contributed by atoms with Gasteiger partial charge in [0.2, 0.25) is 0 Å². The molecule has 172 valence electrons. The molecule has 1 unspecified atom stereocenters. The lowest BCUT2D eigenvalue weighted by molar-refractivity contribution is 0.0587. The van der Waals surface area contributed by atoms with Crippen molar-refractivity contribution in [1.82, 2.24) is 9.80 Å². The molecule has 0 radical (unpaired) electrons. The van der Waals surface area contributed by atoms with Crippen LogP contribution in [0.4, 0.5) is 5.69 Å². The van der Waals surface area contributed by atoms with Crippen LogP contribution in [0.5, 0.6) is 0 Å². The Balaban J connectivity index is 1.39. The van der Waals surface area contributed by atoms with Gasteiger partial charge in [-0.15, -0.1) is 0 Å². The molecule has 2 aliphatic heterocycles. The van der Waals surface area contributed by atoms with Crippen molar-refractivity contribution in [3.05, 3.63) is 60.2 Å². The number of hydrogen-bond donors (Lipinski definition) is 0. The summed E-state index contributed by atoms with van der Waals surface area (Å²) in [7, 11) is -5.17. The number of hydrogen-bond acceptors (Lipinski definition) is 6. The van der Waals surface area contributed by atoms with Crippen LogP contribution in [0, 0.1) is 0 Å². The predicted octanol–water partition coefficient (Wildman–Crippen LogP) is 1.46. The van der Waals surface area contributed by atoms with Crippen LogP contribution < -0.4 is 4.31 Å². The second-order valence-corrected chi connectivity index (χ2v) is 12.4. The van der Waals surface area contributed by atoms with Crippen molar-refractivity contribution >= 4 is 31.5 Å². The largest absolute Gasteiger partial charge is 0.336 e. The third-order valence-corrected chi connectivity index (χ3v) is 9.76. The van der Waals surface area contributed by atoms with Crippen LogP contribution in [0.2, 0.25) is 0 Å². The maximum absolute atomic E-state index is 12.9. The predicted molar refractivity (Wildman–Crippen MR) is 123 cm³/mol. The molecule has 2 fully saturated rings. The first-order valence-corrected chi connectivity index (χ1v) is 13.8. The van der Waals surface area contributed by atoms with Crippen LogP contribution in [0.1, 0.15) is 16.8 Å². The van der Waals surface area contributed by atoms with E-state index in [1.54, 1.807) is 41.3 Å². The summed E-state index contributed by atoms with van der Waals surface area (Å²) in [6, 6.07) is 14.9. The zero-order valence-electron chi connectivity index (χ0n) is 17.9. The summed E-state index contributed by atoms with van der Waals surface area (Å²) >= 11 is 0. The van der Waals surface area contributed by atoms with Crippen molar-refractivity contribution < 1.29 is 21.6 Å². The average molecular weight is 478 g/mol. The van der Waals surface area contributed by atoms with Crippen molar-refractivity contribution in [2.24, 2.45) is 0 Å². The number of sulfonamides is 1. The van der Waals surface area contributed by atoms with Gasteiger partial charge in [-0.05, 0) is 42.8 Å². The first-order valence-electron chi connectivity index (χ1n) is 10.6. The molecule has 2 aromatic rings. The lowest BCUT2D eigenvalue weighted by Crippen LogP contribution is -2.52. The Kier molecular flexibility index (Phi) is 6.28. The van der Waals surface area contributed by atoms with E-state index in [0.717, 1.165) is 0 Å². The molecule has 4 rings (SSSR count). The number of piperazine rings is 1. The number of nitrogens with zero attached hydrogens (tertiary/aromatic N) is 3. The Morgan fingerprint density at radius 2 is 1.59 bits per heavy atom. The van der Waals surface area contributed by atoms with Crippen LogP contribution >= 0.6 is 0 Å². The molecule has 1 atom stereocenters. The number of para-hydroxylation sites is 1. The van der Waals surface area contributed by atoms with Crippen molar-refractivity contribution in [3.63, 3.8) is 0 Å². The topological polar surface area (TPSA) is 95.1 Å². The van der Waals surface area contributed by atoms with Gasteiger partial charge in [-0.1, -0.05) is 18.2 Å². The quantitative estimate of drug-likeness (QED) is 0.647. The van der Waals surface area contributed by atoms with E-state index in [0.29, 0.717) is 43.9 Å². The Bertz CT molecular complexity index is 1170. The van der Waals surface area contributed by atoms with Gasteiger partial charge in [0, 0.05) is 44.8 Å². The second kappa shape index (κ2) is 8.84. The van der Waals surface area contributed by atoms with E-state index in [9.17, 15) is 21.6 Å². The highest BCUT2D eigenvalue weighted by Crippen LogP contribution is 2.23. The summed E-state index contributed by atoms with van der Waals surface area (Å²) in [5, 5.41) is 0. The molecule has 0 aromatic heterocycles. The number of carbonyl (C=O) groups excluding carboxylic acids is 1. The first-order chi connectivity index (χ1) is 15.2. The molecule has 10 heteroatoms. The second-order valence-electron chi connectivity index (χ2n) is 8.22. The molecule has 1 amide bonds. The SMILES string of the molecule is CN(c1ccccc1)S(=O)(=O)c1ccc(C(=O)N2CCN(C3CCS(=O)(=O)C3)CC2)cc1. The van der Waals surface area contributed by atoms with Gasteiger partial charge < -0.3 is 4.90 Å². The van der Waals surface area contributed by atoms with Crippen LogP contribution in [-0.2, 0) is 19.9 Å². The van der Waals surface area contributed by atoms with Gasteiger partial charge in [0.1, 0.15) is 0 Å². The molecule has 2 saturated heterocycles. The van der Waals surface area contributed by atoms with E-state index in [1.165, 1.54) is 23.5 Å². The van der Waals surface area contributed by atoms with E-state index >= 15 is 0 Å². The van der Waals surface area contributed by atoms with Gasteiger partial charge in [0.15, 0.2) is 9.84 Å². The Morgan fingerprint density at radius 3 is 2.16 bits per heavy atom. The Morgan fingerprint density at radius 1 is 0.969 bits per heavy atom. The fraction of sp³-hybridized carbons (Fsp3) is 0.409. The molecule has 32 heavy (non-hydrogen) atoms. The zero-order chi connectivity index (χ0) is 22.9. The van der Waals surface area contributed by atoms with E-state index < -0.39 is 19.9 Å². The Labute approximate surface area is 189 Å². The van der Waals surface area contributed by atoms with E-state index in [2.05, 4.69) is 4.90 Å². The van der Waals surface area contributed by atoms with Gasteiger partial charge in [0.05, 0.1) is 22.1 Å². The lowest BCUT2D eigenvalue weighted by atomic mass is 10.1. The number of benzene rings is 2. The normalized spacial score (nSPS) is 21.4. The van der Waals surface area contributed by atoms with E-state index in [-0.39, 0.29) is 28.4 Å². The number of amides is 1. The summed E-state index contributed by atoms with van der Waals surface area (Å²) in [6.45, 7) is 2.32. The van der Waals surface area contributed by atoms with Crippen LogP contribution in [0.25, 0.3) is 0 Å². The zero-order valence-corrected chi connectivity index (χ0v) is 19.6. The van der Waals surface area contributed by atoms with Crippen molar-refractivity contribution in [2.45, 2.75) is 17.4 Å². The van der Waals surface area contributed by atoms with Crippen molar-refractivity contribution in [1.29, 1.82) is 0 Å². The maximum Gasteiger partial charge on any atom is 0.264 e. The fourth-order valence-electron chi connectivity index (χ4n) is 4.24. The monoisotopic (exact) mass is 477 g/mol. The highest BCUT2D eigenvalue weighted by Gasteiger charge is 2.34. The summed E-state index contributed by atoms with van der Waals surface area (Å²) in [6.07, 6.45) is 0.656. The highest BCUT2D eigenvalue weighted by molar-refractivity contribution is 7.92. The number of anilines is 1. The molecule has 0 aliphatic carbocycles. The molecule has 0 bridgehead atoms. The number of carbonyl (C=O) groups is 1. The minimum absolute atomic E-state index is 0.0448. The standard InChI is InChI=1S/C22H27N3O5S2/c1-23(19-5-3-2-4-6-19)32(29,30)21-9-7-18(8-10-21)22(26)25-14-12-24(13-15-25)20-11-16-31(27,28)17-20/h2-10,20H,11-17H2,1H3. The van der Waals surface area contributed by atoms with Crippen LogP contribution in [0.3, 0.4) is 0 Å². The van der Waals surface area contributed by atoms with Gasteiger partial charge >= 0.3 is 0 Å². The Hall–Kier alpha value is -2.43. The van der Waals surface area contributed by atoms with Gasteiger partial charge in [-0.25, -0.2) is 16.8 Å². The van der Waals surface area contributed by atoms with Crippen molar-refractivity contribution in [2.75, 3.05) is 49.0 Å². The van der Waals surface area contributed by atoms with Gasteiger partial charge in [-0.2, -0.15) is 0 Å². The van der Waals surface area contributed by atoms with Gasteiger partial charge in [0.25, 0.3) is 15.9 Å². The molecule has 2 aliphatic rings. The molecule has 0 N–H and O–H groups in total. The average Bonchev–Trinajstić information content (AvgIpc) is 3.18. The summed E-state index contributed by atoms with van der Waals surface area (Å²) in [4.78, 5) is 16.9. The third kappa shape index (κ3) is 4.67. The van der Waals surface area contributed by atoms with Crippen LogP contribution in [0.15, 0.2) is 59.5 Å². The minimum atomic E-state index is -3.73. The molecule has 8 nitrogen and oxygen atoms in total. The lowest BCUT2D eigenvalue weighted by Gasteiger charge is -2.37. The van der Waals surface area contributed by atoms with E-state index in [1.807, 2.05) is 6.07 Å². The molecule has 2 aromatic carbocycles. The third-order valence-electron chi connectivity index (χ3n) is 6.21. The molecule has 2 heterocycles. The van der Waals surface area contributed by atoms with Gasteiger partial charge in [-0.3, -0.25) is 14.0 Å². The summed E-state index contributed by atoms with van der Waals surface area (Å²) in [5.74, 6) is 0.295. The molecular weight excluding hydrogens is 450 g/mol. The molecular formula is C22H27N3O5S2. The van der Waals surface area contributed by atoms with Crippen molar-refractivity contribution in [3.8, 4) is 0 Å². The van der Waals surface area contributed by atoms with Crippen LogP contribution in [-0.4, -0.2) is 83.3 Å². The molecule has 0 spiro atoms. The summed E-state index contributed by atoms with van der Waals surface area (Å²) in [5.41, 5.74) is 0.990. The number of rotatable bonds is 5. The van der Waals surface area contributed by atoms with E-state index in [4.69, 9.17) is 0 Å². The minimum Gasteiger partial charge on any atom is -0.336 e. The smallest absolute Gasteiger partial charge is 0.264 e. The molecule has 0 saturated carbocycles. The maximum atomic E-state index is 12.9. The fourth-order valence-corrected chi connectivity index (χ4v) is 7.20.